The first-order valence-electron chi connectivity index (χ1n) is 10.9. The van der Waals surface area contributed by atoms with E-state index in [-0.39, 0.29) is 51.0 Å². The van der Waals surface area contributed by atoms with Crippen molar-refractivity contribution in [2.75, 3.05) is 11.9 Å². The van der Waals surface area contributed by atoms with Crippen molar-refractivity contribution in [2.24, 2.45) is 23.7 Å². The lowest BCUT2D eigenvalue weighted by atomic mass is 9.81. The lowest BCUT2D eigenvalue weighted by Gasteiger charge is -2.28. The molecule has 0 unspecified atom stereocenters. The Morgan fingerprint density at radius 2 is 1.61 bits per heavy atom. The Morgan fingerprint density at radius 3 is 2.23 bits per heavy atom. The Bertz CT molecular complexity index is 890. The normalized spacial score (nSPS) is 31.5. The first-order chi connectivity index (χ1) is 14.7. The number of imide groups is 1. The Hall–Kier alpha value is -0.730. The molecule has 168 valence electrons. The van der Waals surface area contributed by atoms with Crippen LogP contribution >= 0.6 is 47.8 Å². The third kappa shape index (κ3) is 4.29. The zero-order valence-corrected chi connectivity index (χ0v) is 22.4. The van der Waals surface area contributed by atoms with E-state index in [1.807, 2.05) is 26.0 Å². The number of nitrogens with zero attached hydrogens (tertiary/aromatic N) is 1. The standard InChI is InChI=1S/C23H27Br3N2O3/c1-11-9-16(12(2)8-15(11)24)27-17(29)6-4-3-5-7-28-22(30)18-13-10-14(19(18)23(28)31)21(26)20(13)25/h8-9,13-14,18-21H,3-7,10H2,1-2H3,(H,27,29)/t13-,14-,18-,19+,20+,21+/m1/s1. The molecule has 6 atom stereocenters. The molecule has 0 spiro atoms. The summed E-state index contributed by atoms with van der Waals surface area (Å²) in [6.07, 6.45) is 3.68. The summed E-state index contributed by atoms with van der Waals surface area (Å²) >= 11 is 10.9. The quantitative estimate of drug-likeness (QED) is 0.255. The smallest absolute Gasteiger partial charge is 0.233 e. The number of fused-ring (bicyclic) bond motifs is 5. The highest BCUT2D eigenvalue weighted by Crippen LogP contribution is 2.60. The van der Waals surface area contributed by atoms with E-state index in [2.05, 4.69) is 53.1 Å². The number of hydrogen-bond acceptors (Lipinski definition) is 3. The number of carbonyl (C=O) groups is 3. The molecule has 3 fully saturated rings. The van der Waals surface area contributed by atoms with E-state index in [0.717, 1.165) is 47.0 Å². The van der Waals surface area contributed by atoms with Crippen molar-refractivity contribution in [2.45, 2.75) is 55.6 Å². The molecule has 1 saturated heterocycles. The molecule has 0 aromatic heterocycles. The minimum Gasteiger partial charge on any atom is -0.326 e. The SMILES string of the molecule is Cc1cc(NC(=O)CCCCCN2C(=O)[C@@H]3[C@H]4C[C@@H]([C@H](Br)[C@H]4Br)[C@@H]3C2=O)c(C)cc1Br. The number of halogens is 3. The van der Waals surface area contributed by atoms with Crippen LogP contribution < -0.4 is 5.32 Å². The minimum atomic E-state index is -0.140. The fourth-order valence-corrected chi connectivity index (χ4v) is 7.82. The van der Waals surface area contributed by atoms with Crippen molar-refractivity contribution < 1.29 is 14.4 Å². The maximum absolute atomic E-state index is 12.9. The van der Waals surface area contributed by atoms with Gasteiger partial charge in [-0.05, 0) is 68.2 Å². The van der Waals surface area contributed by atoms with Gasteiger partial charge >= 0.3 is 0 Å². The average Bonchev–Trinajstić information content (AvgIpc) is 3.32. The molecule has 2 bridgehead atoms. The highest BCUT2D eigenvalue weighted by molar-refractivity contribution is 9.12. The van der Waals surface area contributed by atoms with Gasteiger partial charge in [-0.3, -0.25) is 19.3 Å². The van der Waals surface area contributed by atoms with Gasteiger partial charge in [0, 0.05) is 32.8 Å². The van der Waals surface area contributed by atoms with E-state index in [0.29, 0.717) is 13.0 Å². The van der Waals surface area contributed by atoms with Crippen LogP contribution in [0, 0.1) is 37.5 Å². The molecular weight excluding hydrogens is 592 g/mol. The van der Waals surface area contributed by atoms with Gasteiger partial charge < -0.3 is 5.32 Å². The van der Waals surface area contributed by atoms with Gasteiger partial charge in [-0.1, -0.05) is 54.2 Å². The molecule has 4 rings (SSSR count). The second-order valence-corrected chi connectivity index (χ2v) is 12.1. The van der Waals surface area contributed by atoms with Crippen LogP contribution in [0.5, 0.6) is 0 Å². The molecule has 1 heterocycles. The fraction of sp³-hybridized carbons (Fsp3) is 0.609. The number of aryl methyl sites for hydroxylation is 2. The highest BCUT2D eigenvalue weighted by Gasteiger charge is 2.66. The zero-order chi connectivity index (χ0) is 22.4. The predicted octanol–water partition coefficient (Wildman–Crippen LogP) is 5.34. The van der Waals surface area contributed by atoms with Gasteiger partial charge in [-0.15, -0.1) is 0 Å². The molecule has 2 aliphatic carbocycles. The van der Waals surface area contributed by atoms with Gasteiger partial charge in [0.2, 0.25) is 17.7 Å². The molecule has 2 saturated carbocycles. The molecule has 1 aliphatic heterocycles. The summed E-state index contributed by atoms with van der Waals surface area (Å²) in [5, 5.41) is 2.99. The lowest BCUT2D eigenvalue weighted by molar-refractivity contribution is -0.140. The molecular formula is C23H27Br3N2O3. The average molecular weight is 619 g/mol. The van der Waals surface area contributed by atoms with Gasteiger partial charge in [0.05, 0.1) is 11.8 Å². The highest BCUT2D eigenvalue weighted by atomic mass is 79.9. The molecule has 3 amide bonds. The van der Waals surface area contributed by atoms with Gasteiger partial charge in [0.15, 0.2) is 0 Å². The Kier molecular flexibility index (Phi) is 7.00. The zero-order valence-electron chi connectivity index (χ0n) is 17.7. The van der Waals surface area contributed by atoms with E-state index in [4.69, 9.17) is 0 Å². The largest absolute Gasteiger partial charge is 0.326 e. The maximum atomic E-state index is 12.9. The van der Waals surface area contributed by atoms with Crippen molar-refractivity contribution in [1.82, 2.24) is 4.90 Å². The fourth-order valence-electron chi connectivity index (χ4n) is 5.49. The van der Waals surface area contributed by atoms with Crippen LogP contribution in [0.1, 0.15) is 43.2 Å². The Morgan fingerprint density at radius 1 is 1.00 bits per heavy atom. The van der Waals surface area contributed by atoms with Crippen molar-refractivity contribution >= 4 is 71.2 Å². The summed E-state index contributed by atoms with van der Waals surface area (Å²) in [5.74, 6) is 0.273. The van der Waals surface area contributed by atoms with Crippen molar-refractivity contribution in [3.05, 3.63) is 27.7 Å². The van der Waals surface area contributed by atoms with Crippen LogP contribution in [0.2, 0.25) is 0 Å². The number of amides is 3. The van der Waals surface area contributed by atoms with Crippen LogP contribution in [0.25, 0.3) is 0 Å². The summed E-state index contributed by atoms with van der Waals surface area (Å²) in [6, 6.07) is 3.98. The second-order valence-electron chi connectivity index (χ2n) is 9.11. The summed E-state index contributed by atoms with van der Waals surface area (Å²) < 4.78 is 1.03. The monoisotopic (exact) mass is 616 g/mol. The van der Waals surface area contributed by atoms with Crippen LogP contribution in [-0.4, -0.2) is 38.8 Å². The summed E-state index contributed by atoms with van der Waals surface area (Å²) in [4.78, 5) is 40.1. The van der Waals surface area contributed by atoms with Crippen LogP contribution in [0.4, 0.5) is 5.69 Å². The molecule has 31 heavy (non-hydrogen) atoms. The molecule has 3 aliphatic rings. The van der Waals surface area contributed by atoms with Crippen molar-refractivity contribution in [3.63, 3.8) is 0 Å². The molecule has 0 radical (unpaired) electrons. The van der Waals surface area contributed by atoms with Crippen LogP contribution in [0.15, 0.2) is 16.6 Å². The number of likely N-dealkylation sites (tertiary alicyclic amines) is 1. The van der Waals surface area contributed by atoms with Gasteiger partial charge in [-0.25, -0.2) is 0 Å². The number of carbonyl (C=O) groups excluding carboxylic acids is 3. The Balaban J connectivity index is 1.22. The third-order valence-electron chi connectivity index (χ3n) is 7.14. The van der Waals surface area contributed by atoms with E-state index < -0.39 is 0 Å². The van der Waals surface area contributed by atoms with E-state index in [1.165, 1.54) is 4.90 Å². The third-order valence-corrected chi connectivity index (χ3v) is 11.2. The lowest BCUT2D eigenvalue weighted by Crippen LogP contribution is -2.37. The number of hydrogen-bond donors (Lipinski definition) is 1. The van der Waals surface area contributed by atoms with Gasteiger partial charge in [-0.2, -0.15) is 0 Å². The molecule has 8 heteroatoms. The Labute approximate surface area is 208 Å². The predicted molar refractivity (Wildman–Crippen MR) is 131 cm³/mol. The first kappa shape index (κ1) is 23.4. The van der Waals surface area contributed by atoms with E-state index in [9.17, 15) is 14.4 Å². The summed E-state index contributed by atoms with van der Waals surface area (Å²) in [6.45, 7) is 4.44. The number of nitrogens with one attached hydrogen (secondary N) is 1. The van der Waals surface area contributed by atoms with E-state index in [1.54, 1.807) is 0 Å². The number of rotatable bonds is 7. The molecule has 1 aromatic rings. The van der Waals surface area contributed by atoms with Crippen LogP contribution in [0.3, 0.4) is 0 Å². The molecule has 5 nitrogen and oxygen atoms in total. The van der Waals surface area contributed by atoms with Gasteiger partial charge in [0.25, 0.3) is 0 Å². The number of benzene rings is 1. The van der Waals surface area contributed by atoms with Crippen molar-refractivity contribution in [1.29, 1.82) is 0 Å². The first-order valence-corrected chi connectivity index (χ1v) is 13.5. The van der Waals surface area contributed by atoms with Crippen molar-refractivity contribution in [3.8, 4) is 0 Å². The topological polar surface area (TPSA) is 66.5 Å². The van der Waals surface area contributed by atoms with Crippen LogP contribution in [-0.2, 0) is 14.4 Å². The number of alkyl halides is 2. The summed E-state index contributed by atoms with van der Waals surface area (Å²) in [7, 11) is 0. The molecule has 1 N–H and O–H groups in total. The number of anilines is 1. The van der Waals surface area contributed by atoms with Gasteiger partial charge in [0.1, 0.15) is 0 Å². The van der Waals surface area contributed by atoms with E-state index >= 15 is 0 Å². The minimum absolute atomic E-state index is 0.00372. The molecule has 1 aromatic carbocycles. The maximum Gasteiger partial charge on any atom is 0.233 e. The summed E-state index contributed by atoms with van der Waals surface area (Å²) in [5.41, 5.74) is 2.94. The number of unbranched alkanes of at least 4 members (excludes halogenated alkanes) is 2. The second kappa shape index (κ2) is 9.26.